The SMILES string of the molecule is CCCNCCCS(=O)(=O)NC(C)c1ccsc1. The van der Waals surface area contributed by atoms with Crippen molar-refractivity contribution in [3.8, 4) is 0 Å². The highest BCUT2D eigenvalue weighted by molar-refractivity contribution is 7.89. The molecule has 0 aliphatic rings. The van der Waals surface area contributed by atoms with Crippen LogP contribution >= 0.6 is 11.3 Å². The average Bonchev–Trinajstić information content (AvgIpc) is 2.81. The molecule has 0 saturated carbocycles. The highest BCUT2D eigenvalue weighted by Crippen LogP contribution is 2.16. The van der Waals surface area contributed by atoms with E-state index in [1.165, 1.54) is 0 Å². The van der Waals surface area contributed by atoms with E-state index in [2.05, 4.69) is 17.0 Å². The summed E-state index contributed by atoms with van der Waals surface area (Å²) in [5.74, 6) is 0.179. The van der Waals surface area contributed by atoms with Gasteiger partial charge in [0.1, 0.15) is 0 Å². The van der Waals surface area contributed by atoms with Crippen LogP contribution in [0.4, 0.5) is 0 Å². The van der Waals surface area contributed by atoms with Gasteiger partial charge in [0.25, 0.3) is 0 Å². The highest BCUT2D eigenvalue weighted by Gasteiger charge is 2.15. The van der Waals surface area contributed by atoms with Crippen molar-refractivity contribution in [2.45, 2.75) is 32.7 Å². The second kappa shape index (κ2) is 7.89. The standard InChI is InChI=1S/C12H22N2O2S2/c1-3-6-13-7-4-9-18(15,16)14-11(2)12-5-8-17-10-12/h5,8,10-11,13-14H,3-4,6-7,9H2,1-2H3. The van der Waals surface area contributed by atoms with E-state index in [4.69, 9.17) is 0 Å². The van der Waals surface area contributed by atoms with Gasteiger partial charge in [0.15, 0.2) is 0 Å². The minimum Gasteiger partial charge on any atom is -0.317 e. The van der Waals surface area contributed by atoms with Crippen LogP contribution in [0.15, 0.2) is 16.8 Å². The summed E-state index contributed by atoms with van der Waals surface area (Å²) >= 11 is 1.58. The van der Waals surface area contributed by atoms with E-state index in [-0.39, 0.29) is 11.8 Å². The fraction of sp³-hybridized carbons (Fsp3) is 0.667. The van der Waals surface area contributed by atoms with Gasteiger partial charge < -0.3 is 5.32 Å². The van der Waals surface area contributed by atoms with Crippen LogP contribution in [0, 0.1) is 0 Å². The Hall–Kier alpha value is -0.430. The van der Waals surface area contributed by atoms with Gasteiger partial charge >= 0.3 is 0 Å². The molecule has 0 aliphatic carbocycles. The number of thiophene rings is 1. The summed E-state index contributed by atoms with van der Waals surface area (Å²) in [4.78, 5) is 0. The van der Waals surface area contributed by atoms with Crippen molar-refractivity contribution in [1.29, 1.82) is 0 Å². The molecule has 1 rings (SSSR count). The van der Waals surface area contributed by atoms with Gasteiger partial charge in [-0.05, 0) is 55.2 Å². The van der Waals surface area contributed by atoms with Crippen LogP contribution in [0.25, 0.3) is 0 Å². The Morgan fingerprint density at radius 1 is 1.39 bits per heavy atom. The minimum atomic E-state index is -3.18. The molecule has 1 unspecified atom stereocenters. The molecule has 0 amide bonds. The van der Waals surface area contributed by atoms with Crippen molar-refractivity contribution in [3.05, 3.63) is 22.4 Å². The molecule has 0 aromatic carbocycles. The largest absolute Gasteiger partial charge is 0.317 e. The molecule has 104 valence electrons. The van der Waals surface area contributed by atoms with E-state index in [0.717, 1.165) is 25.1 Å². The molecule has 0 aliphatic heterocycles. The smallest absolute Gasteiger partial charge is 0.212 e. The Morgan fingerprint density at radius 2 is 2.17 bits per heavy atom. The minimum absolute atomic E-state index is 0.148. The Labute approximate surface area is 114 Å². The third-order valence-electron chi connectivity index (χ3n) is 2.59. The molecule has 0 spiro atoms. The Bertz CT molecular complexity index is 415. The summed E-state index contributed by atoms with van der Waals surface area (Å²) in [5.41, 5.74) is 1.02. The Balaban J connectivity index is 2.31. The molecule has 0 saturated heterocycles. The van der Waals surface area contributed by atoms with Crippen molar-refractivity contribution < 1.29 is 8.42 Å². The predicted molar refractivity (Wildman–Crippen MR) is 77.4 cm³/mol. The maximum absolute atomic E-state index is 11.8. The van der Waals surface area contributed by atoms with Crippen molar-refractivity contribution in [3.63, 3.8) is 0 Å². The lowest BCUT2D eigenvalue weighted by atomic mass is 10.2. The van der Waals surface area contributed by atoms with Crippen molar-refractivity contribution in [1.82, 2.24) is 10.0 Å². The monoisotopic (exact) mass is 290 g/mol. The second-order valence-electron chi connectivity index (χ2n) is 4.32. The summed E-state index contributed by atoms with van der Waals surface area (Å²) in [6, 6.07) is 1.80. The van der Waals surface area contributed by atoms with E-state index < -0.39 is 10.0 Å². The topological polar surface area (TPSA) is 58.2 Å². The predicted octanol–water partition coefficient (Wildman–Crippen LogP) is 2.12. The zero-order valence-electron chi connectivity index (χ0n) is 11.0. The summed E-state index contributed by atoms with van der Waals surface area (Å²) in [5, 5.41) is 7.12. The first-order valence-electron chi connectivity index (χ1n) is 6.28. The lowest BCUT2D eigenvalue weighted by molar-refractivity contribution is 0.561. The van der Waals surface area contributed by atoms with E-state index in [0.29, 0.717) is 6.42 Å². The van der Waals surface area contributed by atoms with Crippen LogP contribution in [-0.2, 0) is 10.0 Å². The maximum Gasteiger partial charge on any atom is 0.212 e. The summed E-state index contributed by atoms with van der Waals surface area (Å²) in [6.07, 6.45) is 1.71. The first-order chi connectivity index (χ1) is 8.55. The summed E-state index contributed by atoms with van der Waals surface area (Å²) < 4.78 is 26.4. The van der Waals surface area contributed by atoms with Crippen LogP contribution in [0.2, 0.25) is 0 Å². The van der Waals surface area contributed by atoms with Gasteiger partial charge in [0.05, 0.1) is 5.75 Å². The number of rotatable bonds is 9. The number of hydrogen-bond acceptors (Lipinski definition) is 4. The molecule has 0 bridgehead atoms. The lowest BCUT2D eigenvalue weighted by Gasteiger charge is -2.13. The molecule has 18 heavy (non-hydrogen) atoms. The van der Waals surface area contributed by atoms with E-state index in [1.54, 1.807) is 11.3 Å². The zero-order chi connectivity index (χ0) is 13.4. The second-order valence-corrected chi connectivity index (χ2v) is 6.97. The van der Waals surface area contributed by atoms with Crippen LogP contribution in [0.3, 0.4) is 0 Å². The normalized spacial score (nSPS) is 13.7. The molecule has 1 aromatic heterocycles. The molecule has 0 radical (unpaired) electrons. The molecule has 1 heterocycles. The average molecular weight is 290 g/mol. The fourth-order valence-corrected chi connectivity index (χ4v) is 3.68. The molecule has 1 atom stereocenters. The van der Waals surface area contributed by atoms with Gasteiger partial charge in [0, 0.05) is 6.04 Å². The Morgan fingerprint density at radius 3 is 2.78 bits per heavy atom. The zero-order valence-corrected chi connectivity index (χ0v) is 12.6. The number of sulfonamides is 1. The first kappa shape index (κ1) is 15.6. The molecule has 1 aromatic rings. The van der Waals surface area contributed by atoms with Crippen LogP contribution < -0.4 is 10.0 Å². The fourth-order valence-electron chi connectivity index (χ4n) is 1.61. The first-order valence-corrected chi connectivity index (χ1v) is 8.87. The van der Waals surface area contributed by atoms with Crippen molar-refractivity contribution in [2.24, 2.45) is 0 Å². The molecular weight excluding hydrogens is 268 g/mol. The third kappa shape index (κ3) is 5.95. The molecule has 4 nitrogen and oxygen atoms in total. The molecule has 6 heteroatoms. The van der Waals surface area contributed by atoms with Crippen LogP contribution in [0.5, 0.6) is 0 Å². The molecular formula is C12H22N2O2S2. The van der Waals surface area contributed by atoms with Gasteiger partial charge in [-0.2, -0.15) is 11.3 Å². The number of nitrogens with one attached hydrogen (secondary N) is 2. The van der Waals surface area contributed by atoms with Crippen molar-refractivity contribution in [2.75, 3.05) is 18.8 Å². The Kier molecular flexibility index (Phi) is 6.85. The summed E-state index contributed by atoms with van der Waals surface area (Å²) in [6.45, 7) is 5.66. The van der Waals surface area contributed by atoms with Gasteiger partial charge in [-0.25, -0.2) is 13.1 Å². The van der Waals surface area contributed by atoms with Gasteiger partial charge in [-0.15, -0.1) is 0 Å². The lowest BCUT2D eigenvalue weighted by Crippen LogP contribution is -2.30. The third-order valence-corrected chi connectivity index (χ3v) is 4.83. The van der Waals surface area contributed by atoms with Gasteiger partial charge in [0.2, 0.25) is 10.0 Å². The van der Waals surface area contributed by atoms with E-state index in [9.17, 15) is 8.42 Å². The summed E-state index contributed by atoms with van der Waals surface area (Å²) in [7, 11) is -3.18. The van der Waals surface area contributed by atoms with E-state index >= 15 is 0 Å². The van der Waals surface area contributed by atoms with E-state index in [1.807, 2.05) is 23.8 Å². The van der Waals surface area contributed by atoms with Gasteiger partial charge in [-0.1, -0.05) is 6.92 Å². The van der Waals surface area contributed by atoms with Crippen LogP contribution in [0.1, 0.15) is 38.3 Å². The highest BCUT2D eigenvalue weighted by atomic mass is 32.2. The van der Waals surface area contributed by atoms with Gasteiger partial charge in [-0.3, -0.25) is 0 Å². The maximum atomic E-state index is 11.8. The molecule has 0 fully saturated rings. The van der Waals surface area contributed by atoms with Crippen LogP contribution in [-0.4, -0.2) is 27.3 Å². The quantitative estimate of drug-likeness (QED) is 0.685. The van der Waals surface area contributed by atoms with Crippen molar-refractivity contribution >= 4 is 21.4 Å². The molecule has 2 N–H and O–H groups in total. The number of hydrogen-bond donors (Lipinski definition) is 2.